The van der Waals surface area contributed by atoms with Gasteiger partial charge in [-0.25, -0.2) is 4.98 Å². The van der Waals surface area contributed by atoms with E-state index >= 15 is 0 Å². The van der Waals surface area contributed by atoms with E-state index in [9.17, 15) is 12.3 Å². The number of hydrogen-bond donors (Lipinski definition) is 0. The molecule has 6 heteroatoms. The second-order valence-electron chi connectivity index (χ2n) is 2.52. The smallest absolute Gasteiger partial charge is 0.302 e. The van der Waals surface area contributed by atoms with Crippen LogP contribution in [-0.4, -0.2) is 23.7 Å². The van der Waals surface area contributed by atoms with E-state index in [1.165, 1.54) is 0 Å². The Morgan fingerprint density at radius 1 is 1.67 bits per heavy atom. The van der Waals surface area contributed by atoms with Gasteiger partial charge in [-0.05, 0) is 0 Å². The van der Waals surface area contributed by atoms with Gasteiger partial charge in [-0.15, -0.1) is 3.89 Å². The Morgan fingerprint density at radius 3 is 2.75 bits per heavy atom. The zero-order valence-corrected chi connectivity index (χ0v) is 7.38. The van der Waals surface area contributed by atoms with E-state index in [0.29, 0.717) is 5.69 Å². The molecular formula is C6H9FN2O2S. The molecule has 0 N–H and O–H groups in total. The largest absolute Gasteiger partial charge is 0.340 e. The summed E-state index contributed by atoms with van der Waals surface area (Å²) in [5, 5.41) is 0. The van der Waals surface area contributed by atoms with Crippen molar-refractivity contribution in [2.24, 2.45) is 7.05 Å². The van der Waals surface area contributed by atoms with Crippen molar-refractivity contribution in [3.05, 3.63) is 18.2 Å². The molecule has 0 aromatic carbocycles. The van der Waals surface area contributed by atoms with Crippen LogP contribution in [0.2, 0.25) is 0 Å². The van der Waals surface area contributed by atoms with E-state index in [2.05, 4.69) is 4.98 Å². The molecule has 0 unspecified atom stereocenters. The summed E-state index contributed by atoms with van der Waals surface area (Å²) in [5.41, 5.74) is 0.582. The van der Waals surface area contributed by atoms with E-state index < -0.39 is 16.0 Å². The number of aromatic nitrogens is 2. The molecule has 0 saturated heterocycles. The van der Waals surface area contributed by atoms with E-state index in [-0.39, 0.29) is 6.42 Å². The predicted molar refractivity (Wildman–Crippen MR) is 41.8 cm³/mol. The van der Waals surface area contributed by atoms with Gasteiger partial charge in [0.25, 0.3) is 0 Å². The molecule has 12 heavy (non-hydrogen) atoms. The zero-order valence-electron chi connectivity index (χ0n) is 6.57. The van der Waals surface area contributed by atoms with Gasteiger partial charge in [0.1, 0.15) is 0 Å². The van der Waals surface area contributed by atoms with Crippen LogP contribution in [0.5, 0.6) is 0 Å². The fourth-order valence-corrected chi connectivity index (χ4v) is 1.28. The summed E-state index contributed by atoms with van der Waals surface area (Å²) in [6.45, 7) is 0. The number of rotatable bonds is 3. The van der Waals surface area contributed by atoms with Crippen molar-refractivity contribution in [1.82, 2.24) is 9.55 Å². The van der Waals surface area contributed by atoms with Crippen LogP contribution >= 0.6 is 0 Å². The predicted octanol–water partition coefficient (Wildman–Crippen LogP) is 0.262. The van der Waals surface area contributed by atoms with Crippen LogP contribution in [0.15, 0.2) is 12.5 Å². The number of nitrogens with zero attached hydrogens (tertiary/aromatic N) is 2. The van der Waals surface area contributed by atoms with Crippen LogP contribution in [0.25, 0.3) is 0 Å². The fourth-order valence-electron chi connectivity index (χ4n) is 0.823. The average Bonchev–Trinajstić information content (AvgIpc) is 2.30. The van der Waals surface area contributed by atoms with Gasteiger partial charge in [0.05, 0.1) is 17.8 Å². The summed E-state index contributed by atoms with van der Waals surface area (Å²) in [4.78, 5) is 3.85. The minimum absolute atomic E-state index is 0.125. The van der Waals surface area contributed by atoms with Gasteiger partial charge >= 0.3 is 10.2 Å². The molecule has 0 atom stereocenters. The minimum Gasteiger partial charge on any atom is -0.340 e. The van der Waals surface area contributed by atoms with Crippen molar-refractivity contribution in [1.29, 1.82) is 0 Å². The fraction of sp³-hybridized carbons (Fsp3) is 0.500. The van der Waals surface area contributed by atoms with Crippen LogP contribution < -0.4 is 0 Å². The first-order valence-corrected chi connectivity index (χ1v) is 4.92. The Bertz CT molecular complexity index is 357. The van der Waals surface area contributed by atoms with Gasteiger partial charge in [0.15, 0.2) is 0 Å². The Balaban J connectivity index is 2.55. The minimum atomic E-state index is -4.36. The van der Waals surface area contributed by atoms with Crippen molar-refractivity contribution in [3.63, 3.8) is 0 Å². The van der Waals surface area contributed by atoms with Crippen molar-refractivity contribution in [3.8, 4) is 0 Å². The molecule has 1 heterocycles. The van der Waals surface area contributed by atoms with Crippen LogP contribution in [-0.2, 0) is 23.7 Å². The molecule has 0 aliphatic rings. The summed E-state index contributed by atoms with van der Waals surface area (Å²) >= 11 is 0. The van der Waals surface area contributed by atoms with Gasteiger partial charge in [-0.3, -0.25) is 0 Å². The Kier molecular flexibility index (Phi) is 2.46. The topological polar surface area (TPSA) is 52.0 Å². The number of hydrogen-bond acceptors (Lipinski definition) is 3. The van der Waals surface area contributed by atoms with E-state index in [0.717, 1.165) is 0 Å². The van der Waals surface area contributed by atoms with Crippen LogP contribution in [0.4, 0.5) is 3.89 Å². The highest BCUT2D eigenvalue weighted by atomic mass is 32.3. The quantitative estimate of drug-likeness (QED) is 0.645. The van der Waals surface area contributed by atoms with Gasteiger partial charge in [-0.1, -0.05) is 0 Å². The molecule has 0 aliphatic heterocycles. The number of halogens is 1. The molecule has 0 spiro atoms. The Morgan fingerprint density at radius 2 is 2.33 bits per heavy atom. The molecule has 0 bridgehead atoms. The first-order valence-electron chi connectivity index (χ1n) is 3.36. The summed E-state index contributed by atoms with van der Waals surface area (Å²) in [7, 11) is -2.60. The lowest BCUT2D eigenvalue weighted by atomic mass is 10.4. The molecule has 1 rings (SSSR count). The van der Waals surface area contributed by atoms with Crippen LogP contribution in [0.1, 0.15) is 5.69 Å². The summed E-state index contributed by atoms with van der Waals surface area (Å²) in [6.07, 6.45) is 3.32. The lowest BCUT2D eigenvalue weighted by Gasteiger charge is -1.90. The molecule has 1 aromatic heterocycles. The summed E-state index contributed by atoms with van der Waals surface area (Å²) < 4.78 is 33.9. The maximum absolute atomic E-state index is 12.0. The molecule has 68 valence electrons. The second kappa shape index (κ2) is 3.22. The van der Waals surface area contributed by atoms with E-state index in [1.807, 2.05) is 0 Å². The van der Waals surface area contributed by atoms with Crippen LogP contribution in [0, 0.1) is 0 Å². The van der Waals surface area contributed by atoms with Crippen molar-refractivity contribution >= 4 is 10.2 Å². The third-order valence-corrected chi connectivity index (χ3v) is 2.05. The van der Waals surface area contributed by atoms with Crippen molar-refractivity contribution in [2.75, 3.05) is 5.75 Å². The molecule has 0 aliphatic carbocycles. The molecule has 4 nitrogen and oxygen atoms in total. The number of aryl methyl sites for hydroxylation is 2. The lowest BCUT2D eigenvalue weighted by molar-refractivity contribution is 0.551. The van der Waals surface area contributed by atoms with E-state index in [4.69, 9.17) is 0 Å². The molecule has 0 amide bonds. The standard InChI is InChI=1S/C6H9FN2O2S/c1-9-4-6(8-5-9)2-3-12(7,10)11/h4-5H,2-3H2,1H3. The highest BCUT2D eigenvalue weighted by Gasteiger charge is 2.08. The zero-order chi connectivity index (χ0) is 9.19. The normalized spacial score (nSPS) is 11.8. The maximum atomic E-state index is 12.0. The van der Waals surface area contributed by atoms with E-state index in [1.54, 1.807) is 24.1 Å². The molecule has 0 saturated carbocycles. The first kappa shape index (κ1) is 9.18. The van der Waals surface area contributed by atoms with Crippen molar-refractivity contribution in [2.45, 2.75) is 6.42 Å². The molecule has 0 fully saturated rings. The Hall–Kier alpha value is -0.910. The second-order valence-corrected chi connectivity index (χ2v) is 4.01. The molecule has 1 aromatic rings. The Labute approximate surface area is 70.3 Å². The first-order chi connectivity index (χ1) is 5.47. The van der Waals surface area contributed by atoms with Gasteiger partial charge in [-0.2, -0.15) is 8.42 Å². The third-order valence-electron chi connectivity index (χ3n) is 1.36. The van der Waals surface area contributed by atoms with Gasteiger partial charge < -0.3 is 4.57 Å². The molecular weight excluding hydrogens is 183 g/mol. The third kappa shape index (κ3) is 3.00. The average molecular weight is 192 g/mol. The SMILES string of the molecule is Cn1cnc(CCS(=O)(=O)F)c1. The highest BCUT2D eigenvalue weighted by molar-refractivity contribution is 7.86. The molecule has 0 radical (unpaired) electrons. The van der Waals surface area contributed by atoms with Gasteiger partial charge in [0, 0.05) is 19.7 Å². The van der Waals surface area contributed by atoms with Crippen LogP contribution in [0.3, 0.4) is 0 Å². The highest BCUT2D eigenvalue weighted by Crippen LogP contribution is 1.99. The summed E-state index contributed by atoms with van der Waals surface area (Å²) in [5.74, 6) is -0.496. The number of imidazole rings is 1. The van der Waals surface area contributed by atoms with Gasteiger partial charge in [0.2, 0.25) is 0 Å². The van der Waals surface area contributed by atoms with Crippen molar-refractivity contribution < 1.29 is 12.3 Å². The lowest BCUT2D eigenvalue weighted by Crippen LogP contribution is -2.02. The monoisotopic (exact) mass is 192 g/mol. The maximum Gasteiger partial charge on any atom is 0.302 e. The summed E-state index contributed by atoms with van der Waals surface area (Å²) in [6, 6.07) is 0.